The molecule has 0 aliphatic carbocycles. The molecule has 2 N–H and O–H groups in total. The van der Waals surface area contributed by atoms with E-state index in [1.165, 1.54) is 22.5 Å². The van der Waals surface area contributed by atoms with Gasteiger partial charge in [0.15, 0.2) is 0 Å². The second-order valence-corrected chi connectivity index (χ2v) is 11.2. The minimum atomic E-state index is -3.68. The van der Waals surface area contributed by atoms with Crippen molar-refractivity contribution >= 4 is 27.5 Å². The number of amides is 2. The molecule has 182 valence electrons. The lowest BCUT2D eigenvalue weighted by Gasteiger charge is -2.32. The van der Waals surface area contributed by atoms with E-state index in [0.29, 0.717) is 38.0 Å². The summed E-state index contributed by atoms with van der Waals surface area (Å²) in [6.45, 7) is 5.67. The highest BCUT2D eigenvalue weighted by Gasteiger charge is 2.31. The van der Waals surface area contributed by atoms with Crippen molar-refractivity contribution in [1.29, 1.82) is 0 Å². The molecule has 2 aliphatic heterocycles. The molecule has 2 fully saturated rings. The third-order valence-corrected chi connectivity index (χ3v) is 8.37. The highest BCUT2D eigenvalue weighted by atomic mass is 32.2. The van der Waals surface area contributed by atoms with E-state index in [9.17, 15) is 23.1 Å². The molecule has 8 nitrogen and oxygen atoms in total. The molecule has 2 aromatic rings. The summed E-state index contributed by atoms with van der Waals surface area (Å²) in [5, 5.41) is 13.0. The number of phenols is 1. The molecule has 2 heterocycles. The number of likely N-dealkylation sites (tertiary alicyclic amines) is 1. The van der Waals surface area contributed by atoms with E-state index in [1.807, 2.05) is 32.0 Å². The first-order valence-electron chi connectivity index (χ1n) is 11.7. The average molecular weight is 486 g/mol. The zero-order valence-electron chi connectivity index (χ0n) is 19.6. The second-order valence-electron chi connectivity index (χ2n) is 9.25. The van der Waals surface area contributed by atoms with Crippen LogP contribution < -0.4 is 5.32 Å². The lowest BCUT2D eigenvalue weighted by Crippen LogP contribution is -2.43. The number of nitrogens with zero attached hydrogens (tertiary/aromatic N) is 2. The van der Waals surface area contributed by atoms with Gasteiger partial charge in [0, 0.05) is 31.7 Å². The summed E-state index contributed by atoms with van der Waals surface area (Å²) >= 11 is 0. The molecule has 2 saturated heterocycles. The van der Waals surface area contributed by atoms with Crippen LogP contribution in [-0.2, 0) is 14.8 Å². The summed E-state index contributed by atoms with van der Waals surface area (Å²) in [7, 11) is -3.68. The molecule has 0 radical (unpaired) electrons. The van der Waals surface area contributed by atoms with E-state index in [4.69, 9.17) is 0 Å². The van der Waals surface area contributed by atoms with Crippen LogP contribution in [0.5, 0.6) is 5.75 Å². The van der Waals surface area contributed by atoms with Crippen molar-refractivity contribution in [3.05, 3.63) is 53.1 Å². The number of aryl methyl sites for hydroxylation is 2. The zero-order valence-corrected chi connectivity index (χ0v) is 20.4. The number of aromatic hydroxyl groups is 1. The summed E-state index contributed by atoms with van der Waals surface area (Å²) in [4.78, 5) is 27.8. The number of piperidine rings is 1. The summed E-state index contributed by atoms with van der Waals surface area (Å²) in [5.74, 6) is -1.11. The van der Waals surface area contributed by atoms with Crippen molar-refractivity contribution in [2.75, 3.05) is 31.5 Å². The van der Waals surface area contributed by atoms with Crippen molar-refractivity contribution in [2.45, 2.75) is 44.4 Å². The molecular weight excluding hydrogens is 454 g/mol. The van der Waals surface area contributed by atoms with Gasteiger partial charge in [-0.2, -0.15) is 4.31 Å². The van der Waals surface area contributed by atoms with Crippen LogP contribution in [0.4, 0.5) is 5.69 Å². The van der Waals surface area contributed by atoms with Gasteiger partial charge in [-0.05, 0) is 69.9 Å². The highest BCUT2D eigenvalue weighted by Crippen LogP contribution is 2.30. The Bertz CT molecular complexity index is 1180. The molecule has 34 heavy (non-hydrogen) atoms. The Morgan fingerprint density at radius 2 is 1.65 bits per heavy atom. The van der Waals surface area contributed by atoms with Crippen molar-refractivity contribution in [3.8, 4) is 5.75 Å². The molecule has 2 amide bonds. The molecule has 0 aromatic heterocycles. The number of hydrogen-bond acceptors (Lipinski definition) is 5. The van der Waals surface area contributed by atoms with Crippen molar-refractivity contribution < 1.29 is 23.1 Å². The number of nitrogens with one attached hydrogen (secondary N) is 1. The maximum atomic E-state index is 13.0. The number of rotatable bonds is 5. The fourth-order valence-corrected chi connectivity index (χ4v) is 6.29. The molecule has 4 rings (SSSR count). The van der Waals surface area contributed by atoms with Crippen LogP contribution in [0.25, 0.3) is 0 Å². The maximum Gasteiger partial charge on any atom is 0.253 e. The minimum absolute atomic E-state index is 0.0396. The van der Waals surface area contributed by atoms with E-state index in [2.05, 4.69) is 5.32 Å². The van der Waals surface area contributed by atoms with E-state index in [1.54, 1.807) is 4.90 Å². The van der Waals surface area contributed by atoms with Gasteiger partial charge in [-0.25, -0.2) is 8.42 Å². The number of anilines is 1. The fourth-order valence-electron chi connectivity index (χ4n) is 4.74. The average Bonchev–Trinajstić information content (AvgIpc) is 3.35. The molecule has 0 saturated carbocycles. The van der Waals surface area contributed by atoms with Gasteiger partial charge in [0.05, 0.1) is 16.5 Å². The Hall–Kier alpha value is -2.91. The fraction of sp³-hybridized carbons (Fsp3) is 0.440. The molecule has 0 bridgehead atoms. The van der Waals surface area contributed by atoms with E-state index in [-0.39, 0.29) is 34.7 Å². The van der Waals surface area contributed by atoms with Gasteiger partial charge in [-0.1, -0.05) is 17.2 Å². The third-order valence-electron chi connectivity index (χ3n) is 6.48. The highest BCUT2D eigenvalue weighted by molar-refractivity contribution is 7.89. The Morgan fingerprint density at radius 3 is 2.32 bits per heavy atom. The quantitative estimate of drug-likeness (QED) is 0.632. The summed E-state index contributed by atoms with van der Waals surface area (Å²) in [6.07, 6.45) is 2.93. The predicted molar refractivity (Wildman–Crippen MR) is 129 cm³/mol. The minimum Gasteiger partial charge on any atom is -0.506 e. The second kappa shape index (κ2) is 9.76. The van der Waals surface area contributed by atoms with E-state index in [0.717, 1.165) is 24.0 Å². The first-order valence-corrected chi connectivity index (χ1v) is 13.1. The Labute approximate surface area is 200 Å². The largest absolute Gasteiger partial charge is 0.506 e. The molecule has 1 atom stereocenters. The zero-order chi connectivity index (χ0) is 24.5. The van der Waals surface area contributed by atoms with Gasteiger partial charge in [-0.3, -0.25) is 9.59 Å². The van der Waals surface area contributed by atoms with Crippen molar-refractivity contribution in [2.24, 2.45) is 5.92 Å². The number of carbonyl (C=O) groups is 2. The molecule has 2 aromatic carbocycles. The molecule has 2 aliphatic rings. The van der Waals surface area contributed by atoms with Crippen LogP contribution in [0.2, 0.25) is 0 Å². The number of benzene rings is 2. The van der Waals surface area contributed by atoms with E-state index < -0.39 is 15.9 Å². The molecule has 9 heteroatoms. The summed E-state index contributed by atoms with van der Waals surface area (Å²) in [5.41, 5.74) is 2.68. The van der Waals surface area contributed by atoms with Gasteiger partial charge < -0.3 is 15.3 Å². The van der Waals surface area contributed by atoms with Crippen LogP contribution in [0.15, 0.2) is 41.3 Å². The third kappa shape index (κ3) is 5.10. The lowest BCUT2D eigenvalue weighted by atomic mass is 9.96. The number of hydrogen-bond donors (Lipinski definition) is 2. The topological polar surface area (TPSA) is 107 Å². The van der Waals surface area contributed by atoms with Crippen LogP contribution in [0, 0.1) is 19.8 Å². The van der Waals surface area contributed by atoms with E-state index >= 15 is 0 Å². The number of carbonyl (C=O) groups excluding carboxylic acids is 2. The van der Waals surface area contributed by atoms with Crippen LogP contribution in [0.1, 0.15) is 47.2 Å². The van der Waals surface area contributed by atoms with Crippen LogP contribution in [0.3, 0.4) is 0 Å². The van der Waals surface area contributed by atoms with Gasteiger partial charge in [-0.15, -0.1) is 0 Å². The molecule has 0 spiro atoms. The SMILES string of the molecule is Cc1cc(C)cc(C(=O)N2CCCC(C(=O)Nc3cc(S(=O)(=O)N4CCCC4)ccc3O)C2)c1. The number of sulfonamides is 1. The lowest BCUT2D eigenvalue weighted by molar-refractivity contribution is -0.121. The van der Waals surface area contributed by atoms with Crippen LogP contribution >= 0.6 is 0 Å². The van der Waals surface area contributed by atoms with Gasteiger partial charge >= 0.3 is 0 Å². The van der Waals surface area contributed by atoms with Gasteiger partial charge in [0.25, 0.3) is 5.91 Å². The smallest absolute Gasteiger partial charge is 0.253 e. The molecular formula is C25H31N3O5S. The Balaban J connectivity index is 1.47. The summed E-state index contributed by atoms with van der Waals surface area (Å²) in [6, 6.07) is 9.65. The Morgan fingerprint density at radius 1 is 0.971 bits per heavy atom. The summed E-state index contributed by atoms with van der Waals surface area (Å²) < 4.78 is 27.2. The van der Waals surface area contributed by atoms with Crippen LogP contribution in [-0.4, -0.2) is 60.7 Å². The normalized spacial score (nSPS) is 19.2. The maximum absolute atomic E-state index is 13.0. The monoisotopic (exact) mass is 485 g/mol. The van der Waals surface area contributed by atoms with Crippen molar-refractivity contribution in [1.82, 2.24) is 9.21 Å². The molecule has 1 unspecified atom stereocenters. The first-order chi connectivity index (χ1) is 16.1. The van der Waals surface area contributed by atoms with Crippen molar-refractivity contribution in [3.63, 3.8) is 0 Å². The Kier molecular flexibility index (Phi) is 6.95. The standard InChI is InChI=1S/C25H31N3O5S/c1-17-12-18(2)14-20(13-17)25(31)27-9-5-6-19(16-27)24(30)26-22-15-21(7-8-23(22)29)34(32,33)28-10-3-4-11-28/h7-8,12-15,19,29H,3-6,9-11,16H2,1-2H3,(H,26,30). The first kappa shape index (κ1) is 24.2. The predicted octanol–water partition coefficient (Wildman–Crippen LogP) is 3.28. The van der Waals surface area contributed by atoms with Gasteiger partial charge in [0.1, 0.15) is 5.75 Å². The number of phenolic OH excluding ortho intramolecular Hbond substituents is 1. The van der Waals surface area contributed by atoms with Gasteiger partial charge in [0.2, 0.25) is 15.9 Å².